The Hall–Kier alpha value is -2.61. The molecule has 6 nitrogen and oxygen atoms in total. The molecule has 2 rings (SSSR count). The molecule has 2 N–H and O–H groups in total. The molecular weight excluding hydrogens is 347 g/mol. The lowest BCUT2D eigenvalue weighted by Crippen LogP contribution is -2.31. The Bertz CT molecular complexity index is 838. The molecular formula is C17H19FN2O4S. The molecule has 0 spiro atoms. The Morgan fingerprint density at radius 3 is 2.52 bits per heavy atom. The van der Waals surface area contributed by atoms with Gasteiger partial charge in [-0.25, -0.2) is 12.8 Å². The minimum absolute atomic E-state index is 0.211. The van der Waals surface area contributed by atoms with Crippen LogP contribution in [0.25, 0.3) is 0 Å². The van der Waals surface area contributed by atoms with Crippen LogP contribution in [0.15, 0.2) is 48.5 Å². The fraction of sp³-hybridized carbons (Fsp3) is 0.235. The Morgan fingerprint density at radius 2 is 1.88 bits per heavy atom. The minimum atomic E-state index is -3.37. The summed E-state index contributed by atoms with van der Waals surface area (Å²) in [7, 11) is -3.37. The Morgan fingerprint density at radius 1 is 1.20 bits per heavy atom. The Balaban J connectivity index is 1.92. The van der Waals surface area contributed by atoms with E-state index in [0.29, 0.717) is 11.4 Å². The number of rotatable bonds is 7. The zero-order valence-electron chi connectivity index (χ0n) is 13.8. The van der Waals surface area contributed by atoms with Gasteiger partial charge in [-0.1, -0.05) is 12.1 Å². The first-order valence-corrected chi connectivity index (χ1v) is 9.37. The molecule has 25 heavy (non-hydrogen) atoms. The molecule has 0 heterocycles. The fourth-order valence-corrected chi connectivity index (χ4v) is 2.69. The van der Waals surface area contributed by atoms with E-state index < -0.39 is 10.0 Å². The summed E-state index contributed by atoms with van der Waals surface area (Å²) in [6, 6.07) is 11.8. The van der Waals surface area contributed by atoms with Crippen LogP contribution in [0.5, 0.6) is 5.75 Å². The lowest BCUT2D eigenvalue weighted by Gasteiger charge is -2.16. The lowest BCUT2D eigenvalue weighted by molar-refractivity contribution is -0.123. The zero-order chi connectivity index (χ0) is 18.4. The van der Waals surface area contributed by atoms with Gasteiger partial charge in [0.1, 0.15) is 11.6 Å². The highest BCUT2D eigenvalue weighted by atomic mass is 32.2. The normalized spacial score (nSPS) is 12.3. The van der Waals surface area contributed by atoms with Gasteiger partial charge in [-0.3, -0.25) is 9.52 Å². The highest BCUT2D eigenvalue weighted by Gasteiger charge is 2.11. The van der Waals surface area contributed by atoms with Crippen molar-refractivity contribution >= 4 is 21.6 Å². The largest absolute Gasteiger partial charge is 0.484 e. The number of hydrogen-bond acceptors (Lipinski definition) is 4. The van der Waals surface area contributed by atoms with E-state index in [9.17, 15) is 17.6 Å². The van der Waals surface area contributed by atoms with Gasteiger partial charge in [0.05, 0.1) is 12.3 Å². The van der Waals surface area contributed by atoms with E-state index in [2.05, 4.69) is 10.0 Å². The average Bonchev–Trinajstić information content (AvgIpc) is 2.53. The summed E-state index contributed by atoms with van der Waals surface area (Å²) in [4.78, 5) is 12.0. The molecule has 8 heteroatoms. The van der Waals surface area contributed by atoms with Crippen LogP contribution in [-0.2, 0) is 14.8 Å². The molecule has 0 fully saturated rings. The number of nitrogens with one attached hydrogen (secondary N) is 2. The van der Waals surface area contributed by atoms with Crippen LogP contribution in [0.4, 0.5) is 10.1 Å². The number of amides is 1. The third kappa shape index (κ3) is 6.42. The van der Waals surface area contributed by atoms with Crippen LogP contribution >= 0.6 is 0 Å². The number of halogens is 1. The summed E-state index contributed by atoms with van der Waals surface area (Å²) in [5.74, 6) is -0.338. The van der Waals surface area contributed by atoms with Gasteiger partial charge in [-0.2, -0.15) is 0 Å². The highest BCUT2D eigenvalue weighted by molar-refractivity contribution is 7.92. The molecule has 2 aromatic carbocycles. The van der Waals surface area contributed by atoms with Crippen molar-refractivity contribution in [3.63, 3.8) is 0 Å². The molecule has 134 valence electrons. The van der Waals surface area contributed by atoms with Gasteiger partial charge in [-0.15, -0.1) is 0 Å². The van der Waals surface area contributed by atoms with E-state index in [1.165, 1.54) is 24.3 Å². The summed E-state index contributed by atoms with van der Waals surface area (Å²) < 4.78 is 43.0. The van der Waals surface area contributed by atoms with E-state index in [-0.39, 0.29) is 24.4 Å². The number of anilines is 1. The van der Waals surface area contributed by atoms with Crippen LogP contribution in [0, 0.1) is 5.82 Å². The van der Waals surface area contributed by atoms with Crippen molar-refractivity contribution in [2.45, 2.75) is 13.0 Å². The molecule has 0 radical (unpaired) electrons. The van der Waals surface area contributed by atoms with Gasteiger partial charge in [0, 0.05) is 5.69 Å². The van der Waals surface area contributed by atoms with E-state index in [4.69, 9.17) is 4.74 Å². The molecule has 0 aliphatic rings. The summed E-state index contributed by atoms with van der Waals surface area (Å²) >= 11 is 0. The van der Waals surface area contributed by atoms with Crippen LogP contribution in [0.2, 0.25) is 0 Å². The lowest BCUT2D eigenvalue weighted by atomic mass is 10.1. The first-order valence-electron chi connectivity index (χ1n) is 7.48. The molecule has 0 saturated heterocycles. The van der Waals surface area contributed by atoms with Gasteiger partial charge in [-0.05, 0) is 48.9 Å². The molecule has 2 aromatic rings. The predicted octanol–water partition coefficient (Wildman–Crippen LogP) is 2.45. The molecule has 0 unspecified atom stereocenters. The molecule has 0 saturated carbocycles. The number of benzene rings is 2. The Labute approximate surface area is 146 Å². The highest BCUT2D eigenvalue weighted by Crippen LogP contribution is 2.18. The third-order valence-corrected chi connectivity index (χ3v) is 3.86. The average molecular weight is 366 g/mol. The number of carbonyl (C=O) groups excluding carboxylic acids is 1. The fourth-order valence-electron chi connectivity index (χ4n) is 2.13. The molecule has 1 amide bonds. The predicted molar refractivity (Wildman–Crippen MR) is 93.4 cm³/mol. The summed E-state index contributed by atoms with van der Waals surface area (Å²) in [6.45, 7) is 1.56. The quantitative estimate of drug-likeness (QED) is 0.788. The minimum Gasteiger partial charge on any atom is -0.484 e. The van der Waals surface area contributed by atoms with Gasteiger partial charge in [0.25, 0.3) is 5.91 Å². The first kappa shape index (κ1) is 18.7. The Kier molecular flexibility index (Phi) is 5.97. The number of carbonyl (C=O) groups is 1. The van der Waals surface area contributed by atoms with Crippen molar-refractivity contribution in [3.05, 3.63) is 59.9 Å². The number of sulfonamides is 1. The van der Waals surface area contributed by atoms with Gasteiger partial charge < -0.3 is 10.1 Å². The summed E-state index contributed by atoms with van der Waals surface area (Å²) in [5.41, 5.74) is 1.16. The second-order valence-electron chi connectivity index (χ2n) is 5.53. The number of ether oxygens (including phenoxy) is 1. The van der Waals surface area contributed by atoms with E-state index in [0.717, 1.165) is 11.8 Å². The van der Waals surface area contributed by atoms with Crippen LogP contribution in [0.1, 0.15) is 18.5 Å². The van der Waals surface area contributed by atoms with E-state index in [1.54, 1.807) is 31.2 Å². The summed E-state index contributed by atoms with van der Waals surface area (Å²) in [6.07, 6.45) is 1.07. The van der Waals surface area contributed by atoms with Gasteiger partial charge in [0.2, 0.25) is 10.0 Å². The third-order valence-electron chi connectivity index (χ3n) is 3.25. The van der Waals surface area contributed by atoms with Gasteiger partial charge in [0.15, 0.2) is 6.61 Å². The van der Waals surface area contributed by atoms with Crippen molar-refractivity contribution in [1.82, 2.24) is 5.32 Å². The second-order valence-corrected chi connectivity index (χ2v) is 7.28. The molecule has 0 bridgehead atoms. The first-order chi connectivity index (χ1) is 11.7. The molecule has 0 aromatic heterocycles. The smallest absolute Gasteiger partial charge is 0.258 e. The van der Waals surface area contributed by atoms with Crippen molar-refractivity contribution in [2.75, 3.05) is 17.6 Å². The number of hydrogen-bond donors (Lipinski definition) is 2. The van der Waals surface area contributed by atoms with Crippen molar-refractivity contribution in [2.24, 2.45) is 0 Å². The SMILES string of the molecule is C[C@H](NC(=O)COc1ccc(F)cc1)c1cccc(NS(C)(=O)=O)c1. The zero-order valence-corrected chi connectivity index (χ0v) is 14.6. The van der Waals surface area contributed by atoms with Crippen molar-refractivity contribution < 1.29 is 22.3 Å². The maximum absolute atomic E-state index is 12.8. The maximum atomic E-state index is 12.8. The van der Waals surface area contributed by atoms with Crippen LogP contribution < -0.4 is 14.8 Å². The molecule has 1 atom stereocenters. The van der Waals surface area contributed by atoms with Crippen LogP contribution in [0.3, 0.4) is 0 Å². The standard InChI is InChI=1S/C17H19FN2O4S/c1-12(13-4-3-5-15(10-13)20-25(2,22)23)19-17(21)11-24-16-8-6-14(18)7-9-16/h3-10,12,20H,11H2,1-2H3,(H,19,21)/t12-/m0/s1. The second kappa shape index (κ2) is 7.98. The van der Waals surface area contributed by atoms with Crippen molar-refractivity contribution in [3.8, 4) is 5.75 Å². The summed E-state index contributed by atoms with van der Waals surface area (Å²) in [5, 5.41) is 2.75. The monoisotopic (exact) mass is 366 g/mol. The van der Waals surface area contributed by atoms with E-state index >= 15 is 0 Å². The van der Waals surface area contributed by atoms with E-state index in [1.807, 2.05) is 0 Å². The molecule has 0 aliphatic heterocycles. The van der Waals surface area contributed by atoms with Crippen LogP contribution in [-0.4, -0.2) is 27.2 Å². The molecule has 0 aliphatic carbocycles. The van der Waals surface area contributed by atoms with Gasteiger partial charge >= 0.3 is 0 Å². The maximum Gasteiger partial charge on any atom is 0.258 e. The van der Waals surface area contributed by atoms with Crippen molar-refractivity contribution in [1.29, 1.82) is 0 Å². The topological polar surface area (TPSA) is 84.5 Å².